The van der Waals surface area contributed by atoms with E-state index in [1.54, 1.807) is 12.4 Å². The first-order chi connectivity index (χ1) is 6.76. The number of methoxy groups -OCH3 is 1. The Labute approximate surface area is 83.5 Å². The lowest BCUT2D eigenvalue weighted by Gasteiger charge is -1.96. The molecule has 1 unspecified atom stereocenters. The van der Waals surface area contributed by atoms with Crippen LogP contribution in [0, 0.1) is 11.8 Å². The van der Waals surface area contributed by atoms with Crippen LogP contribution in [0.1, 0.15) is 18.9 Å². The van der Waals surface area contributed by atoms with Crippen LogP contribution in [0.15, 0.2) is 12.4 Å². The fourth-order valence-electron chi connectivity index (χ4n) is 0.764. The molecule has 4 heteroatoms. The molecular formula is C10H13N3O. The molecule has 0 fully saturated rings. The zero-order chi connectivity index (χ0) is 10.4. The van der Waals surface area contributed by atoms with Crippen LogP contribution < -0.4 is 10.5 Å². The predicted octanol–water partition coefficient (Wildman–Crippen LogP) is 0.574. The van der Waals surface area contributed by atoms with Gasteiger partial charge in [-0.25, -0.2) is 9.97 Å². The van der Waals surface area contributed by atoms with E-state index in [1.807, 2.05) is 6.92 Å². The van der Waals surface area contributed by atoms with Gasteiger partial charge >= 0.3 is 6.01 Å². The lowest BCUT2D eigenvalue weighted by Crippen LogP contribution is -2.15. The molecule has 0 bridgehead atoms. The number of nitrogens with two attached hydrogens (primary N) is 1. The highest BCUT2D eigenvalue weighted by molar-refractivity contribution is 5.31. The van der Waals surface area contributed by atoms with Crippen molar-refractivity contribution >= 4 is 0 Å². The Hall–Kier alpha value is -1.60. The van der Waals surface area contributed by atoms with Crippen molar-refractivity contribution in [2.45, 2.75) is 19.4 Å². The predicted molar refractivity (Wildman–Crippen MR) is 53.7 cm³/mol. The standard InChI is InChI=1S/C10H13N3O/c1-3-9(11)5-4-8-6-12-10(14-2)13-7-8/h6-7,9H,3,11H2,1-2H3. The molecule has 74 valence electrons. The molecule has 0 saturated heterocycles. The van der Waals surface area contributed by atoms with Crippen molar-refractivity contribution in [1.29, 1.82) is 0 Å². The minimum Gasteiger partial charge on any atom is -0.467 e. The number of nitrogens with zero attached hydrogens (tertiary/aromatic N) is 2. The topological polar surface area (TPSA) is 61.0 Å². The van der Waals surface area contributed by atoms with Gasteiger partial charge in [-0.3, -0.25) is 0 Å². The summed E-state index contributed by atoms with van der Waals surface area (Å²) in [6.45, 7) is 1.99. The third-order valence-corrected chi connectivity index (χ3v) is 1.65. The van der Waals surface area contributed by atoms with Crippen molar-refractivity contribution in [1.82, 2.24) is 9.97 Å². The minimum atomic E-state index is -0.0860. The summed E-state index contributed by atoms with van der Waals surface area (Å²) in [6.07, 6.45) is 4.06. The average Bonchev–Trinajstić information content (AvgIpc) is 2.26. The van der Waals surface area contributed by atoms with Crippen molar-refractivity contribution in [3.05, 3.63) is 18.0 Å². The highest BCUT2D eigenvalue weighted by Gasteiger charge is 1.94. The Kier molecular flexibility index (Phi) is 3.89. The molecule has 0 aliphatic heterocycles. The zero-order valence-corrected chi connectivity index (χ0v) is 8.32. The SMILES string of the molecule is CCC(N)C#Cc1cnc(OC)nc1. The molecule has 0 aromatic carbocycles. The number of ether oxygens (including phenoxy) is 1. The molecule has 0 spiro atoms. The van der Waals surface area contributed by atoms with E-state index in [1.165, 1.54) is 7.11 Å². The Morgan fingerprint density at radius 1 is 1.50 bits per heavy atom. The Balaban J connectivity index is 2.71. The normalized spacial score (nSPS) is 11.4. The Morgan fingerprint density at radius 2 is 2.14 bits per heavy atom. The second-order valence-corrected chi connectivity index (χ2v) is 2.74. The second-order valence-electron chi connectivity index (χ2n) is 2.74. The van der Waals surface area contributed by atoms with Gasteiger partial charge in [0.15, 0.2) is 0 Å². The minimum absolute atomic E-state index is 0.0860. The highest BCUT2D eigenvalue weighted by atomic mass is 16.5. The summed E-state index contributed by atoms with van der Waals surface area (Å²) >= 11 is 0. The first kappa shape index (κ1) is 10.5. The van der Waals surface area contributed by atoms with Crippen molar-refractivity contribution in [2.24, 2.45) is 5.73 Å². The summed E-state index contributed by atoms with van der Waals surface area (Å²) in [5.41, 5.74) is 6.38. The van der Waals surface area contributed by atoms with Crippen LogP contribution in [-0.4, -0.2) is 23.1 Å². The van der Waals surface area contributed by atoms with E-state index in [-0.39, 0.29) is 6.04 Å². The number of hydrogen-bond donors (Lipinski definition) is 1. The van der Waals surface area contributed by atoms with E-state index in [4.69, 9.17) is 10.5 Å². The maximum atomic E-state index is 5.64. The molecule has 0 radical (unpaired) electrons. The van der Waals surface area contributed by atoms with Gasteiger partial charge < -0.3 is 10.5 Å². The first-order valence-electron chi connectivity index (χ1n) is 4.39. The molecule has 0 saturated carbocycles. The molecule has 1 heterocycles. The molecule has 0 aliphatic carbocycles. The average molecular weight is 191 g/mol. The summed E-state index contributed by atoms with van der Waals surface area (Å²) in [4.78, 5) is 7.85. The van der Waals surface area contributed by atoms with Crippen LogP contribution in [-0.2, 0) is 0 Å². The van der Waals surface area contributed by atoms with Gasteiger partial charge in [0.05, 0.1) is 18.7 Å². The molecule has 1 aromatic rings. The quantitative estimate of drug-likeness (QED) is 0.694. The van der Waals surface area contributed by atoms with E-state index >= 15 is 0 Å². The third-order valence-electron chi connectivity index (χ3n) is 1.65. The van der Waals surface area contributed by atoms with E-state index in [0.717, 1.165) is 12.0 Å². The van der Waals surface area contributed by atoms with Crippen LogP contribution in [0.2, 0.25) is 0 Å². The van der Waals surface area contributed by atoms with Gasteiger partial charge in [0, 0.05) is 12.4 Å². The molecular weight excluding hydrogens is 178 g/mol. The van der Waals surface area contributed by atoms with Crippen molar-refractivity contribution in [3.8, 4) is 17.9 Å². The van der Waals surface area contributed by atoms with Gasteiger partial charge in [-0.1, -0.05) is 18.8 Å². The van der Waals surface area contributed by atoms with Crippen LogP contribution in [0.25, 0.3) is 0 Å². The smallest absolute Gasteiger partial charge is 0.316 e. The summed E-state index contributed by atoms with van der Waals surface area (Å²) in [5, 5.41) is 0. The summed E-state index contributed by atoms with van der Waals surface area (Å²) in [7, 11) is 1.52. The largest absolute Gasteiger partial charge is 0.467 e. The van der Waals surface area contributed by atoms with Gasteiger partial charge in [-0.15, -0.1) is 0 Å². The molecule has 2 N–H and O–H groups in total. The van der Waals surface area contributed by atoms with Gasteiger partial charge in [0.25, 0.3) is 0 Å². The summed E-state index contributed by atoms with van der Waals surface area (Å²) < 4.78 is 4.82. The van der Waals surface area contributed by atoms with Gasteiger partial charge in [-0.2, -0.15) is 0 Å². The molecule has 0 amide bonds. The van der Waals surface area contributed by atoms with E-state index in [0.29, 0.717) is 6.01 Å². The maximum Gasteiger partial charge on any atom is 0.316 e. The maximum absolute atomic E-state index is 5.64. The highest BCUT2D eigenvalue weighted by Crippen LogP contribution is 1.99. The van der Waals surface area contributed by atoms with Gasteiger partial charge in [0.2, 0.25) is 0 Å². The lowest BCUT2D eigenvalue weighted by atomic mass is 10.2. The number of rotatable bonds is 2. The fraction of sp³-hybridized carbons (Fsp3) is 0.400. The molecule has 1 atom stereocenters. The number of hydrogen-bond acceptors (Lipinski definition) is 4. The zero-order valence-electron chi connectivity index (χ0n) is 8.32. The van der Waals surface area contributed by atoms with Crippen molar-refractivity contribution in [3.63, 3.8) is 0 Å². The van der Waals surface area contributed by atoms with Gasteiger partial charge in [0.1, 0.15) is 0 Å². The first-order valence-corrected chi connectivity index (χ1v) is 4.39. The summed E-state index contributed by atoms with van der Waals surface area (Å²) in [5.74, 6) is 5.78. The van der Waals surface area contributed by atoms with E-state index < -0.39 is 0 Å². The van der Waals surface area contributed by atoms with E-state index in [9.17, 15) is 0 Å². The Bertz CT molecular complexity index is 337. The third kappa shape index (κ3) is 3.04. The monoisotopic (exact) mass is 191 g/mol. The molecule has 1 rings (SSSR count). The molecule has 14 heavy (non-hydrogen) atoms. The molecule has 0 aliphatic rings. The summed E-state index contributed by atoms with van der Waals surface area (Å²) in [6, 6.07) is 0.257. The van der Waals surface area contributed by atoms with Crippen LogP contribution in [0.5, 0.6) is 6.01 Å². The van der Waals surface area contributed by atoms with Crippen LogP contribution in [0.3, 0.4) is 0 Å². The second kappa shape index (κ2) is 5.20. The van der Waals surface area contributed by atoms with Crippen molar-refractivity contribution < 1.29 is 4.74 Å². The van der Waals surface area contributed by atoms with Crippen molar-refractivity contribution in [2.75, 3.05) is 7.11 Å². The molecule has 1 aromatic heterocycles. The van der Waals surface area contributed by atoms with Crippen LogP contribution in [0.4, 0.5) is 0 Å². The van der Waals surface area contributed by atoms with Gasteiger partial charge in [-0.05, 0) is 6.42 Å². The fourth-order valence-corrected chi connectivity index (χ4v) is 0.764. The molecule has 4 nitrogen and oxygen atoms in total. The number of aromatic nitrogens is 2. The lowest BCUT2D eigenvalue weighted by molar-refractivity contribution is 0.379. The van der Waals surface area contributed by atoms with E-state index in [2.05, 4.69) is 21.8 Å². The Morgan fingerprint density at radius 3 is 2.64 bits per heavy atom. The van der Waals surface area contributed by atoms with Crippen LogP contribution >= 0.6 is 0 Å².